The maximum Gasteiger partial charge on any atom is 0.225 e. The van der Waals surface area contributed by atoms with Gasteiger partial charge in [0.1, 0.15) is 0 Å². The zero-order valence-electron chi connectivity index (χ0n) is 8.30. The molecule has 1 atom stereocenters. The summed E-state index contributed by atoms with van der Waals surface area (Å²) in [6, 6.07) is 0. The molecule has 0 aromatic carbocycles. The van der Waals surface area contributed by atoms with Crippen LogP contribution in [0.25, 0.3) is 0 Å². The number of piperidine rings is 1. The standard InChI is InChI=1S/C11H19NO/c13-11-10-6-3-1-2-4-8-12(11)9-5-7-10/h10H,1-9H2. The molecular formula is C11H19NO. The smallest absolute Gasteiger partial charge is 0.225 e. The van der Waals surface area contributed by atoms with Gasteiger partial charge < -0.3 is 4.90 Å². The van der Waals surface area contributed by atoms with Crippen LogP contribution < -0.4 is 0 Å². The normalized spacial score (nSPS) is 30.6. The van der Waals surface area contributed by atoms with E-state index in [0.717, 1.165) is 25.9 Å². The Morgan fingerprint density at radius 1 is 0.923 bits per heavy atom. The van der Waals surface area contributed by atoms with E-state index < -0.39 is 0 Å². The largest absolute Gasteiger partial charge is 0.342 e. The van der Waals surface area contributed by atoms with Gasteiger partial charge in [0.15, 0.2) is 0 Å². The third kappa shape index (κ3) is 2.04. The van der Waals surface area contributed by atoms with Crippen LogP contribution in [0.15, 0.2) is 0 Å². The molecule has 1 unspecified atom stereocenters. The molecule has 2 heterocycles. The number of carbonyl (C=O) groups is 1. The highest BCUT2D eigenvalue weighted by Crippen LogP contribution is 2.25. The molecule has 2 fully saturated rings. The molecule has 0 saturated carbocycles. The van der Waals surface area contributed by atoms with Crippen LogP contribution in [0.2, 0.25) is 0 Å². The third-order valence-corrected chi connectivity index (χ3v) is 3.37. The summed E-state index contributed by atoms with van der Waals surface area (Å²) < 4.78 is 0. The molecule has 0 aromatic heterocycles. The predicted octanol–water partition coefficient (Wildman–Crippen LogP) is 2.19. The first-order chi connectivity index (χ1) is 6.38. The highest BCUT2D eigenvalue weighted by atomic mass is 16.2. The molecule has 74 valence electrons. The molecule has 0 spiro atoms. The second-order valence-electron chi connectivity index (χ2n) is 4.37. The maximum absolute atomic E-state index is 11.9. The Kier molecular flexibility index (Phi) is 2.87. The van der Waals surface area contributed by atoms with Gasteiger partial charge in [0, 0.05) is 19.0 Å². The second kappa shape index (κ2) is 4.12. The van der Waals surface area contributed by atoms with E-state index in [1.54, 1.807) is 0 Å². The zero-order valence-corrected chi connectivity index (χ0v) is 8.30. The van der Waals surface area contributed by atoms with Crippen LogP contribution in [-0.4, -0.2) is 23.9 Å². The molecule has 13 heavy (non-hydrogen) atoms. The molecule has 0 aromatic rings. The first kappa shape index (κ1) is 9.04. The van der Waals surface area contributed by atoms with Crippen LogP contribution in [0.1, 0.15) is 44.9 Å². The Labute approximate surface area is 80.3 Å². The number of carbonyl (C=O) groups excluding carboxylic acids is 1. The molecule has 2 saturated heterocycles. The molecule has 2 nitrogen and oxygen atoms in total. The number of fused-ring (bicyclic) bond motifs is 2. The van der Waals surface area contributed by atoms with Crippen LogP contribution in [0, 0.1) is 5.92 Å². The fourth-order valence-corrected chi connectivity index (χ4v) is 2.56. The third-order valence-electron chi connectivity index (χ3n) is 3.37. The lowest BCUT2D eigenvalue weighted by molar-refractivity contribution is -0.138. The number of amides is 1. The Hall–Kier alpha value is -0.530. The van der Waals surface area contributed by atoms with E-state index in [4.69, 9.17) is 0 Å². The van der Waals surface area contributed by atoms with Gasteiger partial charge in [-0.3, -0.25) is 4.79 Å². The second-order valence-corrected chi connectivity index (χ2v) is 4.37. The van der Waals surface area contributed by atoms with Gasteiger partial charge in [0.25, 0.3) is 0 Å². The highest BCUT2D eigenvalue weighted by molar-refractivity contribution is 5.79. The first-order valence-corrected chi connectivity index (χ1v) is 5.67. The number of hydrogen-bond donors (Lipinski definition) is 0. The summed E-state index contributed by atoms with van der Waals surface area (Å²) in [5, 5.41) is 0. The van der Waals surface area contributed by atoms with Crippen LogP contribution in [-0.2, 0) is 4.79 Å². The van der Waals surface area contributed by atoms with Gasteiger partial charge in [-0.1, -0.05) is 19.3 Å². The summed E-state index contributed by atoms with van der Waals surface area (Å²) in [4.78, 5) is 14.0. The number of nitrogens with zero attached hydrogens (tertiary/aromatic N) is 1. The van der Waals surface area contributed by atoms with Gasteiger partial charge in [-0.05, 0) is 25.7 Å². The Bertz CT molecular complexity index is 173. The molecule has 2 heteroatoms. The SMILES string of the molecule is O=C1C2CCCCCCN1CCC2. The van der Waals surface area contributed by atoms with Gasteiger partial charge >= 0.3 is 0 Å². The first-order valence-electron chi connectivity index (χ1n) is 5.67. The van der Waals surface area contributed by atoms with Crippen molar-refractivity contribution in [3.63, 3.8) is 0 Å². The molecule has 2 aliphatic rings. The lowest BCUT2D eigenvalue weighted by Crippen LogP contribution is -2.41. The van der Waals surface area contributed by atoms with Crippen LogP contribution in [0.5, 0.6) is 0 Å². The van der Waals surface area contributed by atoms with Crippen molar-refractivity contribution >= 4 is 5.91 Å². The summed E-state index contributed by atoms with van der Waals surface area (Å²) >= 11 is 0. The quantitative estimate of drug-likeness (QED) is 0.561. The minimum Gasteiger partial charge on any atom is -0.342 e. The summed E-state index contributed by atoms with van der Waals surface area (Å²) in [5.74, 6) is 0.833. The minimum absolute atomic E-state index is 0.381. The van der Waals surface area contributed by atoms with E-state index in [1.807, 2.05) is 0 Å². The Balaban J connectivity index is 2.03. The van der Waals surface area contributed by atoms with Gasteiger partial charge in [-0.2, -0.15) is 0 Å². The van der Waals surface area contributed by atoms with E-state index in [2.05, 4.69) is 4.90 Å². The van der Waals surface area contributed by atoms with Crippen LogP contribution in [0.4, 0.5) is 0 Å². The van der Waals surface area contributed by atoms with Crippen molar-refractivity contribution in [2.75, 3.05) is 13.1 Å². The molecular weight excluding hydrogens is 162 g/mol. The number of hydrogen-bond acceptors (Lipinski definition) is 1. The fourth-order valence-electron chi connectivity index (χ4n) is 2.56. The Morgan fingerprint density at radius 3 is 2.54 bits per heavy atom. The number of rotatable bonds is 0. The van der Waals surface area contributed by atoms with Crippen molar-refractivity contribution in [1.29, 1.82) is 0 Å². The molecule has 0 radical (unpaired) electrons. The van der Waals surface area contributed by atoms with Crippen molar-refractivity contribution in [2.45, 2.75) is 44.9 Å². The van der Waals surface area contributed by atoms with E-state index in [0.29, 0.717) is 11.8 Å². The van der Waals surface area contributed by atoms with Crippen LogP contribution in [0.3, 0.4) is 0 Å². The lowest BCUT2D eigenvalue weighted by atomic mass is 9.92. The van der Waals surface area contributed by atoms with Crippen molar-refractivity contribution < 1.29 is 4.79 Å². The average molecular weight is 181 g/mol. The van der Waals surface area contributed by atoms with Gasteiger partial charge in [0.05, 0.1) is 0 Å². The van der Waals surface area contributed by atoms with Crippen molar-refractivity contribution in [3.05, 3.63) is 0 Å². The van der Waals surface area contributed by atoms with Gasteiger partial charge in [0.2, 0.25) is 5.91 Å². The summed E-state index contributed by atoms with van der Waals surface area (Å²) in [7, 11) is 0. The van der Waals surface area contributed by atoms with E-state index in [1.165, 1.54) is 32.1 Å². The minimum atomic E-state index is 0.381. The molecule has 1 amide bonds. The molecule has 0 aliphatic carbocycles. The van der Waals surface area contributed by atoms with Crippen LogP contribution >= 0.6 is 0 Å². The van der Waals surface area contributed by atoms with Crippen molar-refractivity contribution in [3.8, 4) is 0 Å². The molecule has 2 aliphatic heterocycles. The van der Waals surface area contributed by atoms with E-state index >= 15 is 0 Å². The lowest BCUT2D eigenvalue weighted by Gasteiger charge is -2.31. The highest BCUT2D eigenvalue weighted by Gasteiger charge is 2.28. The Morgan fingerprint density at radius 2 is 1.62 bits per heavy atom. The predicted molar refractivity (Wildman–Crippen MR) is 52.4 cm³/mol. The van der Waals surface area contributed by atoms with Gasteiger partial charge in [-0.25, -0.2) is 0 Å². The molecule has 2 rings (SSSR count). The van der Waals surface area contributed by atoms with Crippen molar-refractivity contribution in [2.24, 2.45) is 5.92 Å². The maximum atomic E-state index is 11.9. The summed E-state index contributed by atoms with van der Waals surface area (Å²) in [6.45, 7) is 2.05. The molecule has 2 bridgehead atoms. The molecule has 0 N–H and O–H groups in total. The monoisotopic (exact) mass is 181 g/mol. The summed E-state index contributed by atoms with van der Waals surface area (Å²) in [6.07, 6.45) is 8.66. The zero-order chi connectivity index (χ0) is 9.10. The topological polar surface area (TPSA) is 20.3 Å². The fraction of sp³-hybridized carbons (Fsp3) is 0.909. The van der Waals surface area contributed by atoms with E-state index in [-0.39, 0.29) is 0 Å². The van der Waals surface area contributed by atoms with Crippen molar-refractivity contribution in [1.82, 2.24) is 4.90 Å². The summed E-state index contributed by atoms with van der Waals surface area (Å²) in [5.41, 5.74) is 0. The average Bonchev–Trinajstić information content (AvgIpc) is 2.21. The van der Waals surface area contributed by atoms with Gasteiger partial charge in [-0.15, -0.1) is 0 Å². The van der Waals surface area contributed by atoms with E-state index in [9.17, 15) is 4.79 Å².